The second-order valence-electron chi connectivity index (χ2n) is 6.92. The summed E-state index contributed by atoms with van der Waals surface area (Å²) in [7, 11) is 0. The number of carbonyl (C=O) groups excluding carboxylic acids is 1. The quantitative estimate of drug-likeness (QED) is 0.718. The number of hydrogen-bond acceptors (Lipinski definition) is 4. The highest BCUT2D eigenvalue weighted by Crippen LogP contribution is 2.21. The molecular weight excluding hydrogens is 324 g/mol. The van der Waals surface area contributed by atoms with Crippen LogP contribution in [0.2, 0.25) is 0 Å². The lowest BCUT2D eigenvalue weighted by atomic mass is 10.0. The molecule has 2 aromatic carbocycles. The van der Waals surface area contributed by atoms with Gasteiger partial charge in [-0.15, -0.1) is 0 Å². The summed E-state index contributed by atoms with van der Waals surface area (Å²) in [6.45, 7) is 4.08. The Morgan fingerprint density at radius 1 is 0.962 bits per heavy atom. The number of anilines is 1. The number of fused-ring (bicyclic) bond motifs is 1. The summed E-state index contributed by atoms with van der Waals surface area (Å²) < 4.78 is 2.03. The molecule has 1 aromatic heterocycles. The number of piperidine rings is 1. The van der Waals surface area contributed by atoms with Crippen LogP contribution in [-0.4, -0.2) is 39.9 Å². The molecular formula is C21H24N4O. The second kappa shape index (κ2) is 7.30. The molecule has 5 nitrogen and oxygen atoms in total. The first kappa shape index (κ1) is 16.8. The molecule has 1 fully saturated rings. The van der Waals surface area contributed by atoms with Crippen molar-refractivity contribution in [3.8, 4) is 0 Å². The molecule has 4 rings (SSSR count). The number of nitrogens with zero attached hydrogens (tertiary/aromatic N) is 3. The number of hydrogen-bond donors (Lipinski definition) is 1. The Kier molecular flexibility index (Phi) is 4.71. The van der Waals surface area contributed by atoms with Gasteiger partial charge >= 0.3 is 0 Å². The Morgan fingerprint density at radius 3 is 2.50 bits per heavy atom. The Bertz CT molecular complexity index is 910. The molecule has 1 aliphatic rings. The lowest BCUT2D eigenvalue weighted by Gasteiger charge is -2.26. The first-order valence-corrected chi connectivity index (χ1v) is 9.30. The van der Waals surface area contributed by atoms with E-state index in [-0.39, 0.29) is 5.78 Å². The number of benzene rings is 2. The smallest absolute Gasteiger partial charge is 0.201 e. The van der Waals surface area contributed by atoms with Crippen LogP contribution in [0, 0.1) is 0 Å². The zero-order chi connectivity index (χ0) is 17.9. The van der Waals surface area contributed by atoms with Crippen molar-refractivity contribution in [2.24, 2.45) is 0 Å². The van der Waals surface area contributed by atoms with E-state index in [0.29, 0.717) is 17.1 Å². The van der Waals surface area contributed by atoms with E-state index in [0.717, 1.165) is 37.2 Å². The van der Waals surface area contributed by atoms with Crippen LogP contribution in [0.1, 0.15) is 35.2 Å². The van der Waals surface area contributed by atoms with Crippen LogP contribution in [0.4, 0.5) is 5.95 Å². The third kappa shape index (κ3) is 3.35. The summed E-state index contributed by atoms with van der Waals surface area (Å²) in [6.07, 6.45) is 3.88. The molecule has 0 bridgehead atoms. The highest BCUT2D eigenvalue weighted by atomic mass is 16.1. The van der Waals surface area contributed by atoms with Crippen molar-refractivity contribution >= 4 is 22.8 Å². The van der Waals surface area contributed by atoms with Crippen LogP contribution in [0.25, 0.3) is 11.0 Å². The number of rotatable bonds is 5. The maximum atomic E-state index is 12.7. The van der Waals surface area contributed by atoms with Crippen molar-refractivity contribution in [3.05, 3.63) is 59.7 Å². The summed E-state index contributed by atoms with van der Waals surface area (Å²) in [5.74, 6) is 0.538. The molecule has 0 unspecified atom stereocenters. The fraction of sp³-hybridized carbons (Fsp3) is 0.333. The van der Waals surface area contributed by atoms with Gasteiger partial charge in [-0.3, -0.25) is 4.79 Å². The van der Waals surface area contributed by atoms with E-state index in [9.17, 15) is 4.79 Å². The predicted molar refractivity (Wildman–Crippen MR) is 104 cm³/mol. The van der Waals surface area contributed by atoms with Gasteiger partial charge in [0.05, 0.1) is 11.0 Å². The van der Waals surface area contributed by atoms with Gasteiger partial charge in [0.25, 0.3) is 0 Å². The SMILES string of the molecule is Nc1nc2ccc(C(=O)c3ccccc3)cc2n1CCN1CCCCC1. The first-order chi connectivity index (χ1) is 12.7. The zero-order valence-electron chi connectivity index (χ0n) is 14.9. The van der Waals surface area contributed by atoms with Crippen molar-refractivity contribution in [2.45, 2.75) is 25.8 Å². The highest BCUT2D eigenvalue weighted by molar-refractivity contribution is 6.10. The van der Waals surface area contributed by atoms with Gasteiger partial charge in [0, 0.05) is 24.2 Å². The molecule has 3 aromatic rings. The average Bonchev–Trinajstić information content (AvgIpc) is 3.01. The number of ketones is 1. The molecule has 134 valence electrons. The first-order valence-electron chi connectivity index (χ1n) is 9.30. The molecule has 0 spiro atoms. The molecule has 5 heteroatoms. The fourth-order valence-electron chi connectivity index (χ4n) is 3.70. The average molecular weight is 348 g/mol. The molecule has 1 saturated heterocycles. The lowest BCUT2D eigenvalue weighted by Crippen LogP contribution is -2.32. The van der Waals surface area contributed by atoms with Gasteiger partial charge < -0.3 is 15.2 Å². The third-order valence-electron chi connectivity index (χ3n) is 5.16. The van der Waals surface area contributed by atoms with Gasteiger partial charge in [-0.1, -0.05) is 36.8 Å². The monoisotopic (exact) mass is 348 g/mol. The molecule has 26 heavy (non-hydrogen) atoms. The predicted octanol–water partition coefficient (Wildman–Crippen LogP) is 3.34. The molecule has 0 radical (unpaired) electrons. The summed E-state index contributed by atoms with van der Waals surface area (Å²) in [4.78, 5) is 19.7. The van der Waals surface area contributed by atoms with Gasteiger partial charge in [-0.2, -0.15) is 0 Å². The van der Waals surface area contributed by atoms with E-state index >= 15 is 0 Å². The van der Waals surface area contributed by atoms with Crippen LogP contribution in [0.3, 0.4) is 0 Å². The Balaban J connectivity index is 1.61. The van der Waals surface area contributed by atoms with Crippen LogP contribution < -0.4 is 5.73 Å². The van der Waals surface area contributed by atoms with Gasteiger partial charge in [0.1, 0.15) is 0 Å². The number of likely N-dealkylation sites (tertiary alicyclic amines) is 1. The molecule has 2 heterocycles. The minimum Gasteiger partial charge on any atom is -0.369 e. The minimum atomic E-state index is 0.0230. The van der Waals surface area contributed by atoms with Gasteiger partial charge in [0.15, 0.2) is 5.78 Å². The number of nitrogen functional groups attached to an aromatic ring is 1. The largest absolute Gasteiger partial charge is 0.369 e. The highest BCUT2D eigenvalue weighted by Gasteiger charge is 2.15. The van der Waals surface area contributed by atoms with E-state index in [4.69, 9.17) is 5.73 Å². The fourth-order valence-corrected chi connectivity index (χ4v) is 3.70. The van der Waals surface area contributed by atoms with E-state index in [1.807, 2.05) is 53.1 Å². The maximum Gasteiger partial charge on any atom is 0.201 e. The van der Waals surface area contributed by atoms with Crippen LogP contribution in [0.15, 0.2) is 48.5 Å². The van der Waals surface area contributed by atoms with Crippen LogP contribution >= 0.6 is 0 Å². The Hall–Kier alpha value is -2.66. The van der Waals surface area contributed by atoms with Gasteiger partial charge in [-0.05, 0) is 44.1 Å². The number of aromatic nitrogens is 2. The zero-order valence-corrected chi connectivity index (χ0v) is 14.9. The lowest BCUT2D eigenvalue weighted by molar-refractivity contribution is 0.103. The van der Waals surface area contributed by atoms with Gasteiger partial charge in [0.2, 0.25) is 5.95 Å². The number of nitrogens with two attached hydrogens (primary N) is 1. The Labute approximate surface area is 153 Å². The van der Waals surface area contributed by atoms with E-state index < -0.39 is 0 Å². The van der Waals surface area contributed by atoms with Crippen molar-refractivity contribution in [2.75, 3.05) is 25.4 Å². The standard InChI is InChI=1S/C21H24N4O/c22-21-23-18-10-9-17(20(26)16-7-3-1-4-8-16)15-19(18)25(21)14-13-24-11-5-2-6-12-24/h1,3-4,7-10,15H,2,5-6,11-14H2,(H2,22,23). The second-order valence-corrected chi connectivity index (χ2v) is 6.92. The van der Waals surface area contributed by atoms with Crippen molar-refractivity contribution < 1.29 is 4.79 Å². The molecule has 0 aliphatic carbocycles. The summed E-state index contributed by atoms with van der Waals surface area (Å²) in [5, 5.41) is 0. The number of carbonyl (C=O) groups is 1. The Morgan fingerprint density at radius 2 is 1.73 bits per heavy atom. The molecule has 0 amide bonds. The van der Waals surface area contributed by atoms with E-state index in [1.54, 1.807) is 0 Å². The van der Waals surface area contributed by atoms with Crippen LogP contribution in [-0.2, 0) is 6.54 Å². The third-order valence-corrected chi connectivity index (χ3v) is 5.16. The molecule has 1 aliphatic heterocycles. The summed E-state index contributed by atoms with van der Waals surface area (Å²) in [5.41, 5.74) is 9.29. The van der Waals surface area contributed by atoms with Crippen LogP contribution in [0.5, 0.6) is 0 Å². The van der Waals surface area contributed by atoms with Gasteiger partial charge in [-0.25, -0.2) is 4.98 Å². The van der Waals surface area contributed by atoms with E-state index in [1.165, 1.54) is 19.3 Å². The molecule has 0 atom stereocenters. The summed E-state index contributed by atoms with van der Waals surface area (Å²) >= 11 is 0. The van der Waals surface area contributed by atoms with E-state index in [2.05, 4.69) is 9.88 Å². The summed E-state index contributed by atoms with van der Waals surface area (Å²) in [6, 6.07) is 15.0. The normalized spacial score (nSPS) is 15.4. The van der Waals surface area contributed by atoms with Crippen molar-refractivity contribution in [1.29, 1.82) is 0 Å². The minimum absolute atomic E-state index is 0.0230. The molecule has 2 N–H and O–H groups in total. The van der Waals surface area contributed by atoms with Crippen molar-refractivity contribution in [1.82, 2.24) is 14.5 Å². The van der Waals surface area contributed by atoms with Crippen molar-refractivity contribution in [3.63, 3.8) is 0 Å². The maximum absolute atomic E-state index is 12.7. The number of imidazole rings is 1. The topological polar surface area (TPSA) is 64.1 Å². The molecule has 0 saturated carbocycles.